The summed E-state index contributed by atoms with van der Waals surface area (Å²) in [6.07, 6.45) is 5.20. The van der Waals surface area contributed by atoms with Gasteiger partial charge in [0, 0.05) is 32.6 Å². The van der Waals surface area contributed by atoms with Crippen LogP contribution in [0.2, 0.25) is 0 Å². The van der Waals surface area contributed by atoms with E-state index in [9.17, 15) is 9.59 Å². The first-order chi connectivity index (χ1) is 14.5. The Morgan fingerprint density at radius 2 is 1.83 bits per heavy atom. The maximum Gasteiger partial charge on any atom is 0.233 e. The number of fused-ring (bicyclic) bond motifs is 5. The van der Waals surface area contributed by atoms with Gasteiger partial charge in [0.25, 0.3) is 0 Å². The van der Waals surface area contributed by atoms with Crippen molar-refractivity contribution < 1.29 is 14.3 Å². The molecular weight excluding hydrogens is 380 g/mol. The number of hydrogen-bond acceptors (Lipinski definition) is 4. The first kappa shape index (κ1) is 20.4. The molecule has 7 heteroatoms. The number of methoxy groups -OCH3 is 1. The quantitative estimate of drug-likeness (QED) is 0.310. The van der Waals surface area contributed by atoms with Crippen LogP contribution < -0.4 is 15.4 Å². The number of nitrogens with one attached hydrogen (secondary N) is 2. The zero-order valence-corrected chi connectivity index (χ0v) is 17.8. The van der Waals surface area contributed by atoms with Crippen molar-refractivity contribution in [2.45, 2.75) is 19.3 Å². The lowest BCUT2D eigenvalue weighted by molar-refractivity contribution is -0.140. The van der Waals surface area contributed by atoms with Crippen LogP contribution in [0, 0.1) is 23.7 Å². The molecule has 1 aromatic carbocycles. The Hall–Kier alpha value is -2.83. The Morgan fingerprint density at radius 1 is 1.17 bits per heavy atom. The Balaban J connectivity index is 1.26. The number of benzene rings is 1. The van der Waals surface area contributed by atoms with Gasteiger partial charge in [-0.2, -0.15) is 0 Å². The summed E-state index contributed by atoms with van der Waals surface area (Å²) < 4.78 is 5.44. The monoisotopic (exact) mass is 410 g/mol. The van der Waals surface area contributed by atoms with Gasteiger partial charge in [-0.25, -0.2) is 0 Å². The maximum absolute atomic E-state index is 12.8. The number of carbonyl (C=O) groups excluding carboxylic acids is 2. The van der Waals surface area contributed by atoms with Gasteiger partial charge in [-0.1, -0.05) is 37.3 Å². The number of amides is 2. The van der Waals surface area contributed by atoms with Crippen molar-refractivity contribution in [2.24, 2.45) is 28.7 Å². The normalized spacial score (nSPS) is 28.1. The second-order valence-electron chi connectivity index (χ2n) is 8.35. The second kappa shape index (κ2) is 8.50. The van der Waals surface area contributed by atoms with Crippen LogP contribution in [0.4, 0.5) is 0 Å². The number of allylic oxidation sites excluding steroid dienone is 2. The molecule has 2 N–H and O–H groups in total. The highest BCUT2D eigenvalue weighted by molar-refractivity contribution is 6.06. The van der Waals surface area contributed by atoms with Crippen LogP contribution in [0.3, 0.4) is 0 Å². The minimum absolute atomic E-state index is 0.00334. The smallest absolute Gasteiger partial charge is 0.233 e. The van der Waals surface area contributed by atoms with E-state index in [0.29, 0.717) is 25.6 Å². The number of ether oxygens (including phenoxy) is 1. The number of likely N-dealkylation sites (tertiary alicyclic amines) is 1. The molecule has 2 amide bonds. The molecule has 1 aromatic rings. The van der Waals surface area contributed by atoms with E-state index in [2.05, 4.69) is 40.8 Å². The molecule has 2 bridgehead atoms. The van der Waals surface area contributed by atoms with Crippen LogP contribution in [0.1, 0.15) is 24.8 Å². The molecule has 160 valence electrons. The van der Waals surface area contributed by atoms with Crippen molar-refractivity contribution in [2.75, 3.05) is 33.8 Å². The van der Waals surface area contributed by atoms with Gasteiger partial charge in [-0.05, 0) is 29.9 Å². The standard InChI is InChI=1S/C23H30N4O3/c1-14(17-6-4-5-7-18(17)30-3)13-26-23(24-2)25-10-11-27-21(28)19-15-8-9-16(12-15)20(19)22(27)29/h4-9,14-16,19-20H,10-13H2,1-3H3,(H2,24,25,26). The average molecular weight is 411 g/mol. The van der Waals surface area contributed by atoms with Crippen molar-refractivity contribution in [3.8, 4) is 5.75 Å². The molecule has 30 heavy (non-hydrogen) atoms. The van der Waals surface area contributed by atoms with Crippen LogP contribution in [0.15, 0.2) is 41.4 Å². The summed E-state index contributed by atoms with van der Waals surface area (Å²) in [5.74, 6) is 1.98. The molecule has 0 spiro atoms. The van der Waals surface area contributed by atoms with Crippen molar-refractivity contribution >= 4 is 17.8 Å². The molecule has 1 saturated heterocycles. The lowest BCUT2D eigenvalue weighted by Gasteiger charge is -2.20. The molecule has 1 heterocycles. The molecule has 2 aliphatic carbocycles. The molecule has 5 unspecified atom stereocenters. The van der Waals surface area contributed by atoms with E-state index in [1.807, 2.05) is 18.2 Å². The predicted molar refractivity (Wildman–Crippen MR) is 115 cm³/mol. The highest BCUT2D eigenvalue weighted by Gasteiger charge is 2.58. The second-order valence-corrected chi connectivity index (χ2v) is 8.35. The summed E-state index contributed by atoms with van der Waals surface area (Å²) in [4.78, 5) is 31.2. The van der Waals surface area contributed by atoms with Gasteiger partial charge >= 0.3 is 0 Å². The van der Waals surface area contributed by atoms with Crippen LogP contribution in [-0.4, -0.2) is 56.5 Å². The van der Waals surface area contributed by atoms with E-state index < -0.39 is 0 Å². The molecular formula is C23H30N4O3. The Kier molecular flexibility index (Phi) is 5.79. The largest absolute Gasteiger partial charge is 0.496 e. The van der Waals surface area contributed by atoms with E-state index in [-0.39, 0.29) is 41.4 Å². The third kappa shape index (κ3) is 3.57. The van der Waals surface area contributed by atoms with Crippen LogP contribution in [0.25, 0.3) is 0 Å². The SMILES string of the molecule is CN=C(NCCN1C(=O)C2C3C=CC(C3)C2C1=O)NCC(C)c1ccccc1OC. The first-order valence-corrected chi connectivity index (χ1v) is 10.7. The average Bonchev–Trinajstić information content (AvgIpc) is 3.45. The molecule has 0 aromatic heterocycles. The summed E-state index contributed by atoms with van der Waals surface area (Å²) in [5.41, 5.74) is 1.13. The third-order valence-corrected chi connectivity index (χ3v) is 6.66. The molecule has 7 nitrogen and oxygen atoms in total. The third-order valence-electron chi connectivity index (χ3n) is 6.66. The Morgan fingerprint density at radius 3 is 2.47 bits per heavy atom. The van der Waals surface area contributed by atoms with Crippen molar-refractivity contribution in [3.63, 3.8) is 0 Å². The number of aliphatic imine (C=N–C) groups is 1. The highest BCUT2D eigenvalue weighted by Crippen LogP contribution is 2.52. The van der Waals surface area contributed by atoms with Crippen LogP contribution >= 0.6 is 0 Å². The van der Waals surface area contributed by atoms with Crippen molar-refractivity contribution in [3.05, 3.63) is 42.0 Å². The van der Waals surface area contributed by atoms with Gasteiger partial charge in [0.1, 0.15) is 5.75 Å². The van der Waals surface area contributed by atoms with Crippen molar-refractivity contribution in [1.82, 2.24) is 15.5 Å². The van der Waals surface area contributed by atoms with Gasteiger partial charge < -0.3 is 15.4 Å². The van der Waals surface area contributed by atoms with E-state index >= 15 is 0 Å². The number of carbonyl (C=O) groups is 2. The first-order valence-electron chi connectivity index (χ1n) is 10.7. The topological polar surface area (TPSA) is 83.0 Å². The number of rotatable bonds is 7. The fraction of sp³-hybridized carbons (Fsp3) is 0.522. The molecule has 1 aliphatic heterocycles. The summed E-state index contributed by atoms with van der Waals surface area (Å²) in [6, 6.07) is 7.98. The molecule has 5 atom stereocenters. The van der Waals surface area contributed by atoms with E-state index in [0.717, 1.165) is 17.7 Å². The number of imide groups is 1. The summed E-state index contributed by atoms with van der Waals surface area (Å²) in [5, 5.41) is 6.54. The Bertz CT molecular complexity index is 851. The summed E-state index contributed by atoms with van der Waals surface area (Å²) in [6.45, 7) is 3.65. The Labute approximate surface area is 177 Å². The highest BCUT2D eigenvalue weighted by atomic mass is 16.5. The zero-order chi connectivity index (χ0) is 21.3. The number of hydrogen-bond donors (Lipinski definition) is 2. The predicted octanol–water partition coefficient (Wildman–Crippen LogP) is 1.77. The van der Waals surface area contributed by atoms with E-state index in [4.69, 9.17) is 4.74 Å². The number of nitrogens with zero attached hydrogens (tertiary/aromatic N) is 2. The van der Waals surface area contributed by atoms with E-state index in [1.54, 1.807) is 14.2 Å². The van der Waals surface area contributed by atoms with Gasteiger partial charge in [-0.15, -0.1) is 0 Å². The fourth-order valence-electron chi connectivity index (χ4n) is 5.12. The van der Waals surface area contributed by atoms with Crippen LogP contribution in [-0.2, 0) is 9.59 Å². The van der Waals surface area contributed by atoms with E-state index in [1.165, 1.54) is 4.90 Å². The summed E-state index contributed by atoms with van der Waals surface area (Å²) >= 11 is 0. The van der Waals surface area contributed by atoms with Crippen molar-refractivity contribution in [1.29, 1.82) is 0 Å². The minimum Gasteiger partial charge on any atom is -0.496 e. The van der Waals surface area contributed by atoms with Gasteiger partial charge in [0.05, 0.1) is 18.9 Å². The number of guanidine groups is 1. The lowest BCUT2D eigenvalue weighted by Crippen LogP contribution is -2.44. The molecule has 3 aliphatic rings. The molecule has 1 saturated carbocycles. The maximum atomic E-state index is 12.8. The van der Waals surface area contributed by atoms with Gasteiger partial charge in [0.15, 0.2) is 5.96 Å². The minimum atomic E-state index is -0.133. The van der Waals surface area contributed by atoms with Gasteiger partial charge in [-0.3, -0.25) is 19.5 Å². The fourth-order valence-corrected chi connectivity index (χ4v) is 5.12. The zero-order valence-electron chi connectivity index (χ0n) is 17.8. The molecule has 2 fully saturated rings. The molecule has 4 rings (SSSR count). The lowest BCUT2D eigenvalue weighted by atomic mass is 9.85. The van der Waals surface area contributed by atoms with Crippen LogP contribution in [0.5, 0.6) is 5.75 Å². The molecule has 0 radical (unpaired) electrons. The summed E-state index contributed by atoms with van der Waals surface area (Å²) in [7, 11) is 3.39. The number of para-hydroxylation sites is 1. The van der Waals surface area contributed by atoms with Gasteiger partial charge in [0.2, 0.25) is 11.8 Å².